The normalized spacial score (nSPS) is 11.6. The first kappa shape index (κ1) is 22.0. The van der Waals surface area contributed by atoms with Gasteiger partial charge in [-0.05, 0) is 33.5 Å². The number of halogens is 4. The number of hydrogen-bond acceptors (Lipinski definition) is 5. The van der Waals surface area contributed by atoms with Crippen LogP contribution >= 0.6 is 15.9 Å². The lowest BCUT2D eigenvalue weighted by Gasteiger charge is -2.26. The summed E-state index contributed by atoms with van der Waals surface area (Å²) in [6.07, 6.45) is -2.96. The number of benzene rings is 1. The summed E-state index contributed by atoms with van der Waals surface area (Å²) in [4.78, 5) is 14.3. The van der Waals surface area contributed by atoms with E-state index in [9.17, 15) is 13.2 Å². The minimum Gasteiger partial charge on any atom is -0.352 e. The van der Waals surface area contributed by atoms with Crippen molar-refractivity contribution in [3.63, 3.8) is 0 Å². The smallest absolute Gasteiger partial charge is 0.352 e. The summed E-state index contributed by atoms with van der Waals surface area (Å²) in [6, 6.07) is 13.6. The predicted octanol–water partition coefficient (Wildman–Crippen LogP) is 6.06. The van der Waals surface area contributed by atoms with E-state index in [0.717, 1.165) is 30.3 Å². The zero-order valence-corrected chi connectivity index (χ0v) is 18.1. The van der Waals surface area contributed by atoms with Crippen LogP contribution in [0.15, 0.2) is 59.5 Å². The number of aromatic nitrogens is 3. The molecule has 0 spiro atoms. The van der Waals surface area contributed by atoms with E-state index in [-0.39, 0.29) is 5.95 Å². The third kappa shape index (κ3) is 6.16. The number of rotatable bonds is 7. The molecule has 0 fully saturated rings. The number of alkyl halides is 3. The quantitative estimate of drug-likeness (QED) is 0.417. The Hall–Kier alpha value is -2.68. The second-order valence-electron chi connectivity index (χ2n) is 7.21. The Morgan fingerprint density at radius 2 is 1.73 bits per heavy atom. The fourth-order valence-corrected chi connectivity index (χ4v) is 3.30. The molecule has 2 heterocycles. The second kappa shape index (κ2) is 9.42. The highest BCUT2D eigenvalue weighted by Crippen LogP contribution is 2.29. The molecule has 0 atom stereocenters. The van der Waals surface area contributed by atoms with Crippen molar-refractivity contribution in [1.29, 1.82) is 0 Å². The number of nitrogens with one attached hydrogen (secondary N) is 1. The Labute approximate surface area is 181 Å². The van der Waals surface area contributed by atoms with E-state index in [1.165, 1.54) is 0 Å². The summed E-state index contributed by atoms with van der Waals surface area (Å²) in [5, 5.41) is 2.95. The average Bonchev–Trinajstić information content (AvgIpc) is 2.67. The van der Waals surface area contributed by atoms with Gasteiger partial charge in [0.05, 0.1) is 5.56 Å². The summed E-state index contributed by atoms with van der Waals surface area (Å²) < 4.78 is 38.7. The van der Waals surface area contributed by atoms with Crippen LogP contribution < -0.4 is 10.2 Å². The van der Waals surface area contributed by atoms with Crippen LogP contribution in [0.25, 0.3) is 0 Å². The van der Waals surface area contributed by atoms with Crippen LogP contribution in [-0.4, -0.2) is 21.5 Å². The van der Waals surface area contributed by atoms with Gasteiger partial charge in [-0.3, -0.25) is 0 Å². The molecule has 0 aliphatic carbocycles. The maximum absolute atomic E-state index is 12.7. The Morgan fingerprint density at radius 1 is 1.07 bits per heavy atom. The Morgan fingerprint density at radius 3 is 2.33 bits per heavy atom. The molecule has 3 aromatic rings. The van der Waals surface area contributed by atoms with Crippen molar-refractivity contribution < 1.29 is 13.2 Å². The molecule has 5 nitrogen and oxygen atoms in total. The minimum atomic E-state index is -4.47. The predicted molar refractivity (Wildman–Crippen MR) is 115 cm³/mol. The van der Waals surface area contributed by atoms with Crippen LogP contribution in [0.1, 0.15) is 25.0 Å². The molecular formula is C21H21BrF3N5. The van der Waals surface area contributed by atoms with Gasteiger partial charge < -0.3 is 10.2 Å². The topological polar surface area (TPSA) is 53.9 Å². The third-order valence-corrected chi connectivity index (χ3v) is 4.55. The van der Waals surface area contributed by atoms with E-state index >= 15 is 0 Å². The van der Waals surface area contributed by atoms with Crippen LogP contribution in [0.2, 0.25) is 0 Å². The SMILES string of the molecule is CC(C)CN(Cc1ccccc1)c1cc(Nc2ncc(C(F)(F)F)cn2)cc(Br)n1. The van der Waals surface area contributed by atoms with E-state index in [1.807, 2.05) is 24.3 Å². The molecule has 0 saturated heterocycles. The van der Waals surface area contributed by atoms with Crippen molar-refractivity contribution in [2.45, 2.75) is 26.6 Å². The first-order valence-electron chi connectivity index (χ1n) is 9.33. The highest BCUT2D eigenvalue weighted by atomic mass is 79.9. The molecule has 3 rings (SSSR count). The molecule has 1 aromatic carbocycles. The van der Waals surface area contributed by atoms with E-state index in [4.69, 9.17) is 0 Å². The number of hydrogen-bond donors (Lipinski definition) is 1. The lowest BCUT2D eigenvalue weighted by atomic mass is 10.1. The zero-order valence-electron chi connectivity index (χ0n) is 16.5. The van der Waals surface area contributed by atoms with Gasteiger partial charge in [-0.15, -0.1) is 0 Å². The summed E-state index contributed by atoms with van der Waals surface area (Å²) in [5.41, 5.74) is 0.879. The summed E-state index contributed by atoms with van der Waals surface area (Å²) in [7, 11) is 0. The molecule has 0 unspecified atom stereocenters. The van der Waals surface area contributed by atoms with Crippen LogP contribution in [0.4, 0.5) is 30.6 Å². The third-order valence-electron chi connectivity index (χ3n) is 4.14. The van der Waals surface area contributed by atoms with Crippen molar-refractivity contribution in [2.75, 3.05) is 16.8 Å². The molecule has 0 aliphatic heterocycles. The zero-order chi connectivity index (χ0) is 21.7. The van der Waals surface area contributed by atoms with Gasteiger partial charge in [0.25, 0.3) is 0 Å². The molecule has 9 heteroatoms. The molecule has 0 amide bonds. The van der Waals surface area contributed by atoms with Crippen LogP contribution in [0.3, 0.4) is 0 Å². The molecular weight excluding hydrogens is 459 g/mol. The summed E-state index contributed by atoms with van der Waals surface area (Å²) >= 11 is 3.42. The summed E-state index contributed by atoms with van der Waals surface area (Å²) in [6.45, 7) is 5.73. The van der Waals surface area contributed by atoms with Gasteiger partial charge in [-0.25, -0.2) is 15.0 Å². The molecule has 0 bridgehead atoms. The second-order valence-corrected chi connectivity index (χ2v) is 8.03. The van der Waals surface area contributed by atoms with Crippen molar-refractivity contribution in [3.05, 3.63) is 70.6 Å². The standard InChI is InChI=1S/C21H21BrF3N5/c1-14(2)12-30(13-15-6-4-3-5-7-15)19-9-17(8-18(22)29-19)28-20-26-10-16(11-27-20)21(23,24)25/h3-11,14H,12-13H2,1-2H3,(H,26,27,28,29). The van der Waals surface area contributed by atoms with Gasteiger partial charge in [0.2, 0.25) is 5.95 Å². The van der Waals surface area contributed by atoms with Gasteiger partial charge in [0, 0.05) is 37.2 Å². The van der Waals surface area contributed by atoms with E-state index in [2.05, 4.69) is 67.1 Å². The molecule has 158 valence electrons. The van der Waals surface area contributed by atoms with E-state index in [0.29, 0.717) is 22.8 Å². The van der Waals surface area contributed by atoms with Crippen LogP contribution in [0.5, 0.6) is 0 Å². The lowest BCUT2D eigenvalue weighted by Crippen LogP contribution is -2.28. The molecule has 0 aliphatic rings. The van der Waals surface area contributed by atoms with Gasteiger partial charge in [0.1, 0.15) is 10.4 Å². The van der Waals surface area contributed by atoms with E-state index in [1.54, 1.807) is 6.07 Å². The molecule has 0 saturated carbocycles. The first-order valence-corrected chi connectivity index (χ1v) is 10.1. The van der Waals surface area contributed by atoms with Gasteiger partial charge in [-0.1, -0.05) is 44.2 Å². The highest BCUT2D eigenvalue weighted by Gasteiger charge is 2.31. The Kier molecular flexibility index (Phi) is 6.91. The van der Waals surface area contributed by atoms with Crippen molar-refractivity contribution in [2.24, 2.45) is 5.92 Å². The van der Waals surface area contributed by atoms with Gasteiger partial charge in [-0.2, -0.15) is 13.2 Å². The maximum atomic E-state index is 12.7. The fraction of sp³-hybridized carbons (Fsp3) is 0.286. The van der Waals surface area contributed by atoms with Crippen molar-refractivity contribution >= 4 is 33.4 Å². The monoisotopic (exact) mass is 479 g/mol. The minimum absolute atomic E-state index is 0.0746. The van der Waals surface area contributed by atoms with Crippen molar-refractivity contribution in [3.8, 4) is 0 Å². The maximum Gasteiger partial charge on any atom is 0.419 e. The fourth-order valence-electron chi connectivity index (χ4n) is 2.87. The molecule has 1 N–H and O–H groups in total. The Balaban J connectivity index is 1.84. The summed E-state index contributed by atoms with van der Waals surface area (Å²) in [5.74, 6) is 1.21. The molecule has 2 aromatic heterocycles. The first-order chi connectivity index (χ1) is 14.2. The molecule has 30 heavy (non-hydrogen) atoms. The highest BCUT2D eigenvalue weighted by molar-refractivity contribution is 9.10. The Bertz CT molecular complexity index is 963. The van der Waals surface area contributed by atoms with Gasteiger partial charge in [0.15, 0.2) is 0 Å². The van der Waals surface area contributed by atoms with Crippen LogP contribution in [0, 0.1) is 5.92 Å². The van der Waals surface area contributed by atoms with Gasteiger partial charge >= 0.3 is 6.18 Å². The number of pyridine rings is 1. The largest absolute Gasteiger partial charge is 0.419 e. The number of anilines is 3. The van der Waals surface area contributed by atoms with Crippen molar-refractivity contribution in [1.82, 2.24) is 15.0 Å². The molecule has 0 radical (unpaired) electrons. The average molecular weight is 480 g/mol. The van der Waals surface area contributed by atoms with E-state index < -0.39 is 11.7 Å². The van der Waals surface area contributed by atoms with Crippen LogP contribution in [-0.2, 0) is 12.7 Å². The lowest BCUT2D eigenvalue weighted by molar-refractivity contribution is -0.138. The number of nitrogens with zero attached hydrogens (tertiary/aromatic N) is 4.